The highest BCUT2D eigenvalue weighted by Gasteiger charge is 2.36. The van der Waals surface area contributed by atoms with E-state index in [9.17, 15) is 4.79 Å². The maximum absolute atomic E-state index is 11.8. The number of carbonyl (C=O) groups is 1. The Hall–Kier alpha value is -0.650. The van der Waals surface area contributed by atoms with Gasteiger partial charge in [-0.05, 0) is 40.8 Å². The zero-order valence-corrected chi connectivity index (χ0v) is 12.2. The highest BCUT2D eigenvalue weighted by molar-refractivity contribution is 5.80. The lowest BCUT2D eigenvalue weighted by Gasteiger charge is -2.35. The molecule has 1 fully saturated rings. The van der Waals surface area contributed by atoms with E-state index in [1.807, 2.05) is 6.92 Å². The van der Waals surface area contributed by atoms with Crippen molar-refractivity contribution in [1.29, 1.82) is 0 Å². The smallest absolute Gasteiger partial charge is 0.325 e. The molecular weight excluding hydrogens is 232 g/mol. The van der Waals surface area contributed by atoms with Crippen molar-refractivity contribution >= 4 is 5.97 Å². The summed E-state index contributed by atoms with van der Waals surface area (Å²) in [5, 5.41) is 3.07. The van der Waals surface area contributed by atoms with Crippen molar-refractivity contribution in [2.24, 2.45) is 0 Å². The molecule has 1 N–H and O–H groups in total. The van der Waals surface area contributed by atoms with Crippen LogP contribution in [0.3, 0.4) is 0 Å². The summed E-state index contributed by atoms with van der Waals surface area (Å²) in [6, 6.07) is 0.743. The van der Waals surface area contributed by atoms with Gasteiger partial charge in [0.25, 0.3) is 0 Å². The molecule has 0 radical (unpaired) electrons. The Morgan fingerprint density at radius 2 is 2.33 bits per heavy atom. The van der Waals surface area contributed by atoms with Crippen LogP contribution >= 0.6 is 0 Å². The van der Waals surface area contributed by atoms with Crippen LogP contribution in [0.4, 0.5) is 0 Å². The predicted octanol–water partition coefficient (Wildman–Crippen LogP) is 0.637. The van der Waals surface area contributed by atoms with Gasteiger partial charge in [-0.25, -0.2) is 0 Å². The fourth-order valence-corrected chi connectivity index (χ4v) is 2.45. The first kappa shape index (κ1) is 15.4. The lowest BCUT2D eigenvalue weighted by atomic mass is 9.92. The maximum Gasteiger partial charge on any atom is 0.325 e. The van der Waals surface area contributed by atoms with E-state index in [-0.39, 0.29) is 12.0 Å². The van der Waals surface area contributed by atoms with E-state index in [2.05, 4.69) is 24.2 Å². The van der Waals surface area contributed by atoms with Crippen LogP contribution in [0.15, 0.2) is 0 Å². The van der Waals surface area contributed by atoms with Gasteiger partial charge >= 0.3 is 5.97 Å². The van der Waals surface area contributed by atoms with Crippen LogP contribution in [-0.2, 0) is 14.3 Å². The fraction of sp³-hybridized carbons (Fsp3) is 0.923. The summed E-state index contributed by atoms with van der Waals surface area (Å²) in [6.45, 7) is 5.64. The first-order valence-electron chi connectivity index (χ1n) is 6.51. The summed E-state index contributed by atoms with van der Waals surface area (Å²) in [4.78, 5) is 14.1. The molecule has 18 heavy (non-hydrogen) atoms. The van der Waals surface area contributed by atoms with E-state index >= 15 is 0 Å². The number of nitrogens with zero attached hydrogens (tertiary/aromatic N) is 1. The Kier molecular flexibility index (Phi) is 5.56. The Labute approximate surface area is 110 Å². The molecule has 5 heteroatoms. The number of hydrogen-bond donors (Lipinski definition) is 1. The molecule has 1 aliphatic heterocycles. The van der Waals surface area contributed by atoms with Crippen molar-refractivity contribution in [2.75, 3.05) is 34.4 Å². The minimum atomic E-state index is -0.637. The Morgan fingerprint density at radius 3 is 2.78 bits per heavy atom. The second-order valence-electron chi connectivity index (χ2n) is 5.31. The highest BCUT2D eigenvalue weighted by Crippen LogP contribution is 2.21. The molecule has 0 aromatic heterocycles. The predicted molar refractivity (Wildman–Crippen MR) is 70.5 cm³/mol. The average Bonchev–Trinajstić information content (AvgIpc) is 2.90. The van der Waals surface area contributed by atoms with Crippen molar-refractivity contribution in [2.45, 2.75) is 44.3 Å². The standard InChI is InChI=1S/C13H26N2O3/c1-10(15(4)11-6-7-18-9-11)8-13(2,14-3)12(16)17-5/h10-11,14H,6-9H2,1-5H3. The minimum absolute atomic E-state index is 0.215. The van der Waals surface area contributed by atoms with E-state index in [0.717, 1.165) is 19.6 Å². The van der Waals surface area contributed by atoms with Gasteiger partial charge in [0, 0.05) is 18.7 Å². The molecule has 1 saturated heterocycles. The third-order valence-electron chi connectivity index (χ3n) is 4.07. The molecule has 1 rings (SSSR count). The molecule has 0 spiro atoms. The third-order valence-corrected chi connectivity index (χ3v) is 4.07. The average molecular weight is 258 g/mol. The van der Waals surface area contributed by atoms with E-state index in [0.29, 0.717) is 12.5 Å². The molecule has 0 aliphatic carbocycles. The van der Waals surface area contributed by atoms with Crippen LogP contribution in [0.1, 0.15) is 26.7 Å². The van der Waals surface area contributed by atoms with Crippen LogP contribution in [0.2, 0.25) is 0 Å². The first-order valence-corrected chi connectivity index (χ1v) is 6.51. The molecule has 0 aromatic rings. The summed E-state index contributed by atoms with van der Waals surface area (Å²) >= 11 is 0. The number of esters is 1. The number of rotatable bonds is 6. The van der Waals surface area contributed by atoms with E-state index in [1.54, 1.807) is 7.05 Å². The van der Waals surface area contributed by atoms with E-state index in [4.69, 9.17) is 9.47 Å². The molecule has 1 aliphatic rings. The number of hydrogen-bond acceptors (Lipinski definition) is 5. The largest absolute Gasteiger partial charge is 0.468 e. The molecule has 5 nitrogen and oxygen atoms in total. The van der Waals surface area contributed by atoms with Crippen molar-refractivity contribution in [3.05, 3.63) is 0 Å². The molecular formula is C13H26N2O3. The Balaban J connectivity index is 2.60. The fourth-order valence-electron chi connectivity index (χ4n) is 2.45. The van der Waals surface area contributed by atoms with Gasteiger partial charge in [0.2, 0.25) is 0 Å². The quantitative estimate of drug-likeness (QED) is 0.708. The van der Waals surface area contributed by atoms with Gasteiger partial charge in [0.05, 0.1) is 13.7 Å². The van der Waals surface area contributed by atoms with Crippen LogP contribution in [-0.4, -0.2) is 62.9 Å². The van der Waals surface area contributed by atoms with Crippen LogP contribution in [0, 0.1) is 0 Å². The van der Waals surface area contributed by atoms with Crippen molar-refractivity contribution in [1.82, 2.24) is 10.2 Å². The number of nitrogens with one attached hydrogen (secondary N) is 1. The van der Waals surface area contributed by atoms with Crippen LogP contribution in [0.5, 0.6) is 0 Å². The maximum atomic E-state index is 11.8. The Bertz CT molecular complexity index is 279. The van der Waals surface area contributed by atoms with Gasteiger partial charge in [-0.2, -0.15) is 0 Å². The first-order chi connectivity index (χ1) is 8.44. The number of likely N-dealkylation sites (N-methyl/N-ethyl adjacent to an activating group) is 2. The molecule has 1 heterocycles. The number of carbonyl (C=O) groups excluding carboxylic acids is 1. The summed E-state index contributed by atoms with van der Waals surface area (Å²) in [7, 11) is 5.32. The van der Waals surface area contributed by atoms with Crippen molar-refractivity contribution in [3.63, 3.8) is 0 Å². The van der Waals surface area contributed by atoms with Crippen LogP contribution in [0.25, 0.3) is 0 Å². The molecule has 106 valence electrons. The second kappa shape index (κ2) is 6.50. The molecule has 0 bridgehead atoms. The third kappa shape index (κ3) is 3.43. The summed E-state index contributed by atoms with van der Waals surface area (Å²) in [6.07, 6.45) is 1.78. The molecule has 0 aromatic carbocycles. The monoisotopic (exact) mass is 258 g/mol. The van der Waals surface area contributed by atoms with Crippen LogP contribution < -0.4 is 5.32 Å². The lowest BCUT2D eigenvalue weighted by Crippen LogP contribution is -2.53. The Morgan fingerprint density at radius 1 is 1.67 bits per heavy atom. The van der Waals surface area contributed by atoms with Gasteiger partial charge in [-0.3, -0.25) is 9.69 Å². The molecule has 3 unspecified atom stereocenters. The summed E-state index contributed by atoms with van der Waals surface area (Å²) in [5.74, 6) is -0.215. The van der Waals surface area contributed by atoms with Gasteiger partial charge in [-0.15, -0.1) is 0 Å². The lowest BCUT2D eigenvalue weighted by molar-refractivity contribution is -0.148. The molecule has 3 atom stereocenters. The highest BCUT2D eigenvalue weighted by atomic mass is 16.5. The van der Waals surface area contributed by atoms with Crippen molar-refractivity contribution < 1.29 is 14.3 Å². The normalized spacial score (nSPS) is 24.9. The number of methoxy groups -OCH3 is 1. The van der Waals surface area contributed by atoms with Crippen molar-refractivity contribution in [3.8, 4) is 0 Å². The van der Waals surface area contributed by atoms with E-state index in [1.165, 1.54) is 7.11 Å². The topological polar surface area (TPSA) is 50.8 Å². The van der Waals surface area contributed by atoms with Gasteiger partial charge in [0.1, 0.15) is 5.54 Å². The molecule has 0 saturated carbocycles. The molecule has 0 amide bonds. The van der Waals surface area contributed by atoms with Gasteiger partial charge in [-0.1, -0.05) is 0 Å². The van der Waals surface area contributed by atoms with Gasteiger partial charge < -0.3 is 14.8 Å². The zero-order valence-electron chi connectivity index (χ0n) is 12.2. The zero-order chi connectivity index (χ0) is 13.8. The van der Waals surface area contributed by atoms with Gasteiger partial charge in [0.15, 0.2) is 0 Å². The van der Waals surface area contributed by atoms with E-state index < -0.39 is 5.54 Å². The second-order valence-corrected chi connectivity index (χ2v) is 5.31. The summed E-state index contributed by atoms with van der Waals surface area (Å²) in [5.41, 5.74) is -0.637. The SMILES string of the molecule is CNC(C)(CC(C)N(C)C1CCOC1)C(=O)OC. The minimum Gasteiger partial charge on any atom is -0.468 e. The number of ether oxygens (including phenoxy) is 2. The summed E-state index contributed by atoms with van der Waals surface area (Å²) < 4.78 is 10.3.